The molecule has 1 heteroatoms. The van der Waals surface area contributed by atoms with Crippen LogP contribution >= 0.6 is 0 Å². The van der Waals surface area contributed by atoms with Crippen molar-refractivity contribution in [1.82, 2.24) is 0 Å². The minimum atomic E-state index is 0.709. The van der Waals surface area contributed by atoms with E-state index in [2.05, 4.69) is 43.3 Å². The van der Waals surface area contributed by atoms with Gasteiger partial charge in [-0.2, -0.15) is 0 Å². The van der Waals surface area contributed by atoms with Crippen molar-refractivity contribution in [3.8, 4) is 0 Å². The van der Waals surface area contributed by atoms with Gasteiger partial charge in [0, 0.05) is 6.61 Å². The lowest BCUT2D eigenvalue weighted by Crippen LogP contribution is -1.91. The molecule has 0 heterocycles. The summed E-state index contributed by atoms with van der Waals surface area (Å²) in [5.74, 6) is 0. The van der Waals surface area contributed by atoms with Crippen LogP contribution in [0.4, 0.5) is 0 Å². The van der Waals surface area contributed by atoms with E-state index in [1.54, 1.807) is 0 Å². The second-order valence-corrected chi connectivity index (χ2v) is 3.77. The van der Waals surface area contributed by atoms with E-state index in [9.17, 15) is 0 Å². The Kier molecular flexibility index (Phi) is 5.71. The minimum absolute atomic E-state index is 0.709. The molecule has 17 heavy (non-hydrogen) atoms. The molecule has 0 atom stereocenters. The van der Waals surface area contributed by atoms with Crippen molar-refractivity contribution in [2.24, 2.45) is 0 Å². The highest BCUT2D eigenvalue weighted by molar-refractivity contribution is 5.86. The van der Waals surface area contributed by atoms with E-state index < -0.39 is 0 Å². The van der Waals surface area contributed by atoms with Gasteiger partial charge in [-0.25, -0.2) is 0 Å². The molecule has 2 aromatic carbocycles. The van der Waals surface area contributed by atoms with Crippen LogP contribution in [0, 0.1) is 6.92 Å². The molecule has 0 N–H and O–H groups in total. The Labute approximate surface area is 104 Å². The molecule has 0 aliphatic rings. The van der Waals surface area contributed by atoms with Crippen LogP contribution in [-0.2, 0) is 11.3 Å². The molecule has 0 radical (unpaired) electrons. The van der Waals surface area contributed by atoms with Gasteiger partial charge >= 0.3 is 0 Å². The third-order valence-corrected chi connectivity index (χ3v) is 2.64. The van der Waals surface area contributed by atoms with Crippen molar-refractivity contribution in [1.29, 1.82) is 0 Å². The lowest BCUT2D eigenvalue weighted by molar-refractivity contribution is 0.134. The zero-order chi connectivity index (χ0) is 12.7. The highest BCUT2D eigenvalue weighted by Crippen LogP contribution is 2.20. The number of fused-ring (bicyclic) bond motifs is 1. The number of hydrogen-bond donors (Lipinski definition) is 0. The predicted molar refractivity (Wildman–Crippen MR) is 75.4 cm³/mol. The smallest absolute Gasteiger partial charge is 0.0716 e. The quantitative estimate of drug-likeness (QED) is 0.742. The SMILES string of the molecule is CC.CCOCc1ccc2cccc(C)c2c1. The third-order valence-electron chi connectivity index (χ3n) is 2.64. The Hall–Kier alpha value is -1.34. The average Bonchev–Trinajstić information content (AvgIpc) is 2.39. The number of aryl methyl sites for hydroxylation is 1. The van der Waals surface area contributed by atoms with E-state index in [-0.39, 0.29) is 0 Å². The summed E-state index contributed by atoms with van der Waals surface area (Å²) >= 11 is 0. The highest BCUT2D eigenvalue weighted by atomic mass is 16.5. The summed E-state index contributed by atoms with van der Waals surface area (Å²) in [5, 5.41) is 2.63. The molecule has 0 aliphatic carbocycles. The number of rotatable bonds is 3. The fourth-order valence-electron chi connectivity index (χ4n) is 1.79. The molecule has 0 bridgehead atoms. The van der Waals surface area contributed by atoms with Gasteiger partial charge in [-0.3, -0.25) is 0 Å². The largest absolute Gasteiger partial charge is 0.377 e. The Morgan fingerprint density at radius 1 is 1.06 bits per heavy atom. The molecule has 2 aromatic rings. The van der Waals surface area contributed by atoms with Crippen LogP contribution in [0.25, 0.3) is 10.8 Å². The van der Waals surface area contributed by atoms with Gasteiger partial charge in [-0.15, -0.1) is 0 Å². The topological polar surface area (TPSA) is 9.23 Å². The molecule has 2 rings (SSSR count). The monoisotopic (exact) mass is 230 g/mol. The first kappa shape index (κ1) is 13.7. The molecule has 0 saturated carbocycles. The summed E-state index contributed by atoms with van der Waals surface area (Å²) in [6.07, 6.45) is 0. The molecule has 0 aliphatic heterocycles. The van der Waals surface area contributed by atoms with Gasteiger partial charge in [0.25, 0.3) is 0 Å². The molecule has 92 valence electrons. The van der Waals surface area contributed by atoms with E-state index in [0.29, 0.717) is 6.61 Å². The van der Waals surface area contributed by atoms with E-state index in [1.807, 2.05) is 20.8 Å². The van der Waals surface area contributed by atoms with Gasteiger partial charge in [0.1, 0.15) is 0 Å². The molecular formula is C16H22O. The summed E-state index contributed by atoms with van der Waals surface area (Å²) in [4.78, 5) is 0. The first-order valence-corrected chi connectivity index (χ1v) is 6.37. The number of benzene rings is 2. The summed E-state index contributed by atoms with van der Waals surface area (Å²) in [7, 11) is 0. The number of ether oxygens (including phenoxy) is 1. The Balaban J connectivity index is 0.000000686. The van der Waals surface area contributed by atoms with Crippen molar-refractivity contribution in [2.75, 3.05) is 6.61 Å². The third kappa shape index (κ3) is 3.57. The van der Waals surface area contributed by atoms with Crippen molar-refractivity contribution < 1.29 is 4.74 Å². The van der Waals surface area contributed by atoms with Crippen molar-refractivity contribution >= 4 is 10.8 Å². The Bertz CT molecular complexity index is 460. The van der Waals surface area contributed by atoms with Crippen LogP contribution in [0.1, 0.15) is 31.9 Å². The average molecular weight is 230 g/mol. The first-order valence-electron chi connectivity index (χ1n) is 6.37. The molecule has 1 nitrogen and oxygen atoms in total. The Morgan fingerprint density at radius 3 is 2.53 bits per heavy atom. The van der Waals surface area contributed by atoms with Crippen LogP contribution in [0.3, 0.4) is 0 Å². The molecule has 0 spiro atoms. The van der Waals surface area contributed by atoms with E-state index in [1.165, 1.54) is 21.9 Å². The van der Waals surface area contributed by atoms with Gasteiger partial charge in [0.15, 0.2) is 0 Å². The van der Waals surface area contributed by atoms with Crippen molar-refractivity contribution in [3.05, 3.63) is 47.5 Å². The van der Waals surface area contributed by atoms with Crippen molar-refractivity contribution in [3.63, 3.8) is 0 Å². The van der Waals surface area contributed by atoms with Gasteiger partial charge in [0.2, 0.25) is 0 Å². The molecule has 0 fully saturated rings. The predicted octanol–water partition coefficient (Wildman–Crippen LogP) is 4.71. The minimum Gasteiger partial charge on any atom is -0.377 e. The molecular weight excluding hydrogens is 208 g/mol. The summed E-state index contributed by atoms with van der Waals surface area (Å²) in [6, 6.07) is 12.9. The first-order chi connectivity index (χ1) is 8.31. The zero-order valence-corrected chi connectivity index (χ0v) is 11.3. The second-order valence-electron chi connectivity index (χ2n) is 3.77. The van der Waals surface area contributed by atoms with Crippen molar-refractivity contribution in [2.45, 2.75) is 34.3 Å². The summed E-state index contributed by atoms with van der Waals surface area (Å²) in [6.45, 7) is 9.64. The lowest BCUT2D eigenvalue weighted by Gasteiger charge is -2.05. The van der Waals surface area contributed by atoms with Crippen LogP contribution in [0.5, 0.6) is 0 Å². The highest BCUT2D eigenvalue weighted by Gasteiger charge is 1.98. The van der Waals surface area contributed by atoms with Gasteiger partial charge in [-0.05, 0) is 41.8 Å². The summed E-state index contributed by atoms with van der Waals surface area (Å²) < 4.78 is 5.41. The molecule has 0 saturated heterocycles. The maximum Gasteiger partial charge on any atom is 0.0716 e. The van der Waals surface area contributed by atoms with E-state index in [4.69, 9.17) is 4.74 Å². The van der Waals surface area contributed by atoms with E-state index >= 15 is 0 Å². The van der Waals surface area contributed by atoms with Gasteiger partial charge < -0.3 is 4.74 Å². The fraction of sp³-hybridized carbons (Fsp3) is 0.375. The standard InChI is InChI=1S/C14H16O.C2H6/c1-3-15-10-12-7-8-13-6-4-5-11(2)14(13)9-12;1-2/h4-9H,3,10H2,1-2H3;1-2H3. The van der Waals surface area contributed by atoms with Gasteiger partial charge in [-0.1, -0.05) is 44.2 Å². The van der Waals surface area contributed by atoms with Crippen LogP contribution in [0.15, 0.2) is 36.4 Å². The van der Waals surface area contributed by atoms with E-state index in [0.717, 1.165) is 6.61 Å². The van der Waals surface area contributed by atoms with Gasteiger partial charge in [0.05, 0.1) is 6.61 Å². The zero-order valence-electron chi connectivity index (χ0n) is 11.3. The summed E-state index contributed by atoms with van der Waals surface area (Å²) in [5.41, 5.74) is 2.57. The fourth-order valence-corrected chi connectivity index (χ4v) is 1.79. The maximum atomic E-state index is 5.41. The Morgan fingerprint density at radius 2 is 1.82 bits per heavy atom. The maximum absolute atomic E-state index is 5.41. The normalized spacial score (nSPS) is 9.88. The number of hydrogen-bond acceptors (Lipinski definition) is 1. The molecule has 0 aromatic heterocycles. The van der Waals surface area contributed by atoms with Crippen LogP contribution in [0.2, 0.25) is 0 Å². The molecule has 0 unspecified atom stereocenters. The second kappa shape index (κ2) is 7.08. The van der Waals surface area contributed by atoms with Crippen LogP contribution in [-0.4, -0.2) is 6.61 Å². The molecule has 0 amide bonds. The lowest BCUT2D eigenvalue weighted by atomic mass is 10.0. The van der Waals surface area contributed by atoms with Crippen LogP contribution < -0.4 is 0 Å².